The first-order valence-corrected chi connectivity index (χ1v) is 7.05. The van der Waals surface area contributed by atoms with Crippen molar-refractivity contribution in [2.45, 2.75) is 67.7 Å². The number of hydrogen-bond donors (Lipinski definition) is 0. The summed E-state index contributed by atoms with van der Waals surface area (Å²) in [5.41, 5.74) is 1.58. The van der Waals surface area contributed by atoms with Crippen LogP contribution in [0.25, 0.3) is 0 Å². The Labute approximate surface area is 104 Å². The highest BCUT2D eigenvalue weighted by Gasteiger charge is 2.10. The third kappa shape index (κ3) is 7.09. The Balaban J connectivity index is 4.10. The van der Waals surface area contributed by atoms with Crippen LogP contribution in [0.5, 0.6) is 0 Å². The fourth-order valence-corrected chi connectivity index (χ4v) is 2.54. The Hall–Kier alpha value is -0.260. The van der Waals surface area contributed by atoms with E-state index in [0.717, 1.165) is 23.7 Å². The summed E-state index contributed by atoms with van der Waals surface area (Å²) in [6.45, 7) is 16.3. The van der Waals surface area contributed by atoms with Crippen LogP contribution in [0.2, 0.25) is 0 Å². The Bertz CT molecular complexity index is 200. The SMILES string of the molecule is CCC(C)C(C)=CC(C)CC(C)CC(C)C. The van der Waals surface area contributed by atoms with E-state index in [1.54, 1.807) is 5.57 Å². The number of allylic oxidation sites excluding steroid dienone is 2. The zero-order valence-electron chi connectivity index (χ0n) is 12.5. The summed E-state index contributed by atoms with van der Waals surface area (Å²) in [6, 6.07) is 0. The van der Waals surface area contributed by atoms with Crippen molar-refractivity contribution in [3.63, 3.8) is 0 Å². The molecule has 0 aromatic rings. The lowest BCUT2D eigenvalue weighted by Crippen LogP contribution is -2.06. The summed E-state index contributed by atoms with van der Waals surface area (Å²) in [4.78, 5) is 0. The number of hydrogen-bond acceptors (Lipinski definition) is 0. The van der Waals surface area contributed by atoms with Gasteiger partial charge in [0.1, 0.15) is 0 Å². The average Bonchev–Trinajstić information content (AvgIpc) is 2.14. The fourth-order valence-electron chi connectivity index (χ4n) is 2.54. The molecule has 0 bridgehead atoms. The standard InChI is InChI=1S/C16H32/c1-8-15(6)16(7)11-14(5)10-13(4)9-12(2)3/h11-15H,8-10H2,1-7H3. The smallest absolute Gasteiger partial charge is 0.0237 e. The van der Waals surface area contributed by atoms with E-state index in [9.17, 15) is 0 Å². The van der Waals surface area contributed by atoms with Gasteiger partial charge in [0.25, 0.3) is 0 Å². The molecule has 0 N–H and O–H groups in total. The molecule has 0 spiro atoms. The predicted octanol–water partition coefficient (Wildman–Crippen LogP) is 5.69. The summed E-state index contributed by atoms with van der Waals surface area (Å²) in [6.07, 6.45) is 6.45. The van der Waals surface area contributed by atoms with Gasteiger partial charge in [-0.2, -0.15) is 0 Å². The minimum atomic E-state index is 0.739. The lowest BCUT2D eigenvalue weighted by Gasteiger charge is -2.18. The van der Waals surface area contributed by atoms with Crippen LogP contribution in [0.3, 0.4) is 0 Å². The molecule has 0 aromatic heterocycles. The molecule has 0 saturated carbocycles. The van der Waals surface area contributed by atoms with Crippen LogP contribution in [0.15, 0.2) is 11.6 Å². The topological polar surface area (TPSA) is 0 Å². The van der Waals surface area contributed by atoms with Gasteiger partial charge in [-0.15, -0.1) is 0 Å². The van der Waals surface area contributed by atoms with E-state index in [1.165, 1.54) is 19.3 Å². The highest BCUT2D eigenvalue weighted by Crippen LogP contribution is 2.23. The van der Waals surface area contributed by atoms with Gasteiger partial charge >= 0.3 is 0 Å². The maximum atomic E-state index is 2.49. The van der Waals surface area contributed by atoms with Crippen molar-refractivity contribution in [2.75, 3.05) is 0 Å². The van der Waals surface area contributed by atoms with Crippen LogP contribution in [-0.2, 0) is 0 Å². The lowest BCUT2D eigenvalue weighted by atomic mass is 9.88. The van der Waals surface area contributed by atoms with Gasteiger partial charge in [0.15, 0.2) is 0 Å². The monoisotopic (exact) mass is 224 g/mol. The molecule has 0 radical (unpaired) electrons. The van der Waals surface area contributed by atoms with Gasteiger partial charge in [-0.3, -0.25) is 0 Å². The van der Waals surface area contributed by atoms with Crippen molar-refractivity contribution in [3.8, 4) is 0 Å². The van der Waals surface area contributed by atoms with E-state index in [-0.39, 0.29) is 0 Å². The molecule has 96 valence electrons. The fraction of sp³-hybridized carbons (Fsp3) is 0.875. The third-order valence-corrected chi connectivity index (χ3v) is 3.59. The van der Waals surface area contributed by atoms with E-state index in [1.807, 2.05) is 0 Å². The zero-order chi connectivity index (χ0) is 12.7. The van der Waals surface area contributed by atoms with E-state index < -0.39 is 0 Å². The van der Waals surface area contributed by atoms with Gasteiger partial charge in [-0.1, -0.05) is 53.2 Å². The minimum absolute atomic E-state index is 0.739. The first-order chi connectivity index (χ1) is 7.36. The third-order valence-electron chi connectivity index (χ3n) is 3.59. The second-order valence-electron chi connectivity index (χ2n) is 6.17. The van der Waals surface area contributed by atoms with E-state index in [2.05, 4.69) is 54.5 Å². The van der Waals surface area contributed by atoms with Crippen molar-refractivity contribution in [3.05, 3.63) is 11.6 Å². The van der Waals surface area contributed by atoms with Crippen LogP contribution in [-0.4, -0.2) is 0 Å². The van der Waals surface area contributed by atoms with Gasteiger partial charge in [0.2, 0.25) is 0 Å². The Morgan fingerprint density at radius 3 is 2.00 bits per heavy atom. The van der Waals surface area contributed by atoms with Crippen LogP contribution in [0.4, 0.5) is 0 Å². The highest BCUT2D eigenvalue weighted by atomic mass is 14.2. The molecule has 0 fully saturated rings. The van der Waals surface area contributed by atoms with E-state index in [4.69, 9.17) is 0 Å². The minimum Gasteiger partial charge on any atom is -0.0825 e. The molecule has 0 rings (SSSR count). The average molecular weight is 224 g/mol. The van der Waals surface area contributed by atoms with Crippen LogP contribution >= 0.6 is 0 Å². The first kappa shape index (κ1) is 15.7. The van der Waals surface area contributed by atoms with Crippen LogP contribution in [0, 0.1) is 23.7 Å². The molecular formula is C16H32. The number of rotatable bonds is 7. The quantitative estimate of drug-likeness (QED) is 0.487. The molecule has 0 aliphatic carbocycles. The van der Waals surface area contributed by atoms with E-state index in [0.29, 0.717) is 0 Å². The largest absolute Gasteiger partial charge is 0.0825 e. The van der Waals surface area contributed by atoms with E-state index >= 15 is 0 Å². The molecule has 3 atom stereocenters. The highest BCUT2D eigenvalue weighted by molar-refractivity contribution is 5.03. The maximum Gasteiger partial charge on any atom is -0.0237 e. The van der Waals surface area contributed by atoms with Crippen LogP contribution in [0.1, 0.15) is 67.7 Å². The lowest BCUT2D eigenvalue weighted by molar-refractivity contribution is 0.381. The van der Waals surface area contributed by atoms with Gasteiger partial charge in [0, 0.05) is 0 Å². The summed E-state index contributed by atoms with van der Waals surface area (Å²) >= 11 is 0. The molecular weight excluding hydrogens is 192 g/mol. The Morgan fingerprint density at radius 1 is 1.00 bits per heavy atom. The van der Waals surface area contributed by atoms with Gasteiger partial charge < -0.3 is 0 Å². The molecule has 0 aliphatic rings. The van der Waals surface area contributed by atoms with Crippen molar-refractivity contribution < 1.29 is 0 Å². The summed E-state index contributed by atoms with van der Waals surface area (Å²) in [5.74, 6) is 3.18. The molecule has 0 aliphatic heterocycles. The predicted molar refractivity (Wildman–Crippen MR) is 75.6 cm³/mol. The second kappa shape index (κ2) is 7.92. The summed E-state index contributed by atoms with van der Waals surface area (Å²) < 4.78 is 0. The zero-order valence-corrected chi connectivity index (χ0v) is 12.5. The molecule has 16 heavy (non-hydrogen) atoms. The van der Waals surface area contributed by atoms with Gasteiger partial charge in [-0.05, 0) is 49.9 Å². The molecule has 0 heteroatoms. The second-order valence-corrected chi connectivity index (χ2v) is 6.17. The first-order valence-electron chi connectivity index (χ1n) is 7.05. The molecule has 3 unspecified atom stereocenters. The summed E-state index contributed by atoms with van der Waals surface area (Å²) in [7, 11) is 0. The molecule has 0 aromatic carbocycles. The Kier molecular flexibility index (Phi) is 7.80. The molecule has 0 heterocycles. The Morgan fingerprint density at radius 2 is 1.56 bits per heavy atom. The van der Waals surface area contributed by atoms with Crippen molar-refractivity contribution in [1.29, 1.82) is 0 Å². The molecule has 0 amide bonds. The molecule has 0 nitrogen and oxygen atoms in total. The van der Waals surface area contributed by atoms with Crippen molar-refractivity contribution >= 4 is 0 Å². The van der Waals surface area contributed by atoms with Crippen LogP contribution < -0.4 is 0 Å². The molecule has 0 saturated heterocycles. The van der Waals surface area contributed by atoms with Crippen molar-refractivity contribution in [1.82, 2.24) is 0 Å². The maximum absolute atomic E-state index is 2.49. The summed E-state index contributed by atoms with van der Waals surface area (Å²) in [5, 5.41) is 0. The van der Waals surface area contributed by atoms with Crippen molar-refractivity contribution in [2.24, 2.45) is 23.7 Å². The van der Waals surface area contributed by atoms with Gasteiger partial charge in [-0.25, -0.2) is 0 Å². The van der Waals surface area contributed by atoms with Gasteiger partial charge in [0.05, 0.1) is 0 Å². The normalized spacial score (nSPS) is 18.6.